The number of carbonyl (C=O) groups excluding carboxylic acids is 1. The molecule has 2 aromatic rings. The third-order valence-corrected chi connectivity index (χ3v) is 3.23. The second-order valence-electron chi connectivity index (χ2n) is 4.66. The summed E-state index contributed by atoms with van der Waals surface area (Å²) in [4.78, 5) is 12.1. The number of aryl methyl sites for hydroxylation is 1. The first-order valence-corrected chi connectivity index (χ1v) is 6.58. The quantitative estimate of drug-likeness (QED) is 0.616. The molecule has 0 saturated heterocycles. The minimum absolute atomic E-state index is 0.0994. The smallest absolute Gasteiger partial charge is 0.372 e. The fourth-order valence-corrected chi connectivity index (χ4v) is 2.23. The van der Waals surface area contributed by atoms with Gasteiger partial charge in [0, 0.05) is 41.2 Å². The molecule has 1 aromatic carbocycles. The molecule has 0 spiro atoms. The third kappa shape index (κ3) is 3.98. The average molecular weight is 320 g/mol. The summed E-state index contributed by atoms with van der Waals surface area (Å²) in [6.45, 7) is -1.60. The summed E-state index contributed by atoms with van der Waals surface area (Å²) < 4.78 is 42.0. The normalized spacial score (nSPS) is 12.0. The lowest BCUT2D eigenvalue weighted by atomic mass is 10.1. The molecule has 114 valence electrons. The highest BCUT2D eigenvalue weighted by Gasteiger charge is 2.27. The van der Waals surface area contributed by atoms with E-state index in [9.17, 15) is 18.0 Å². The number of nitrogens with zero attached hydrogens (tertiary/aromatic N) is 1. The largest absolute Gasteiger partial charge is 0.411 e. The van der Waals surface area contributed by atoms with Crippen molar-refractivity contribution in [2.45, 2.75) is 12.6 Å². The van der Waals surface area contributed by atoms with E-state index >= 15 is 0 Å². The van der Waals surface area contributed by atoms with Gasteiger partial charge in [0.25, 0.3) is 0 Å². The highest BCUT2D eigenvalue weighted by atomic mass is 35.5. The molecule has 0 unspecified atom stereocenters. The summed E-state index contributed by atoms with van der Waals surface area (Å²) >= 11 is 5.90. The average Bonchev–Trinajstić information content (AvgIpc) is 2.71. The van der Waals surface area contributed by atoms with Gasteiger partial charge >= 0.3 is 6.18 Å². The Balaban J connectivity index is 2.06. The Morgan fingerprint density at radius 1 is 1.38 bits per heavy atom. The predicted octanol–water partition coefficient (Wildman–Crippen LogP) is 3.98. The van der Waals surface area contributed by atoms with Crippen molar-refractivity contribution in [1.29, 1.82) is 0 Å². The van der Waals surface area contributed by atoms with Gasteiger partial charge in [0.15, 0.2) is 5.78 Å². The van der Waals surface area contributed by atoms with E-state index < -0.39 is 12.8 Å². The van der Waals surface area contributed by atoms with Crippen molar-refractivity contribution in [2.75, 3.05) is 13.2 Å². The SMILES string of the molecule is Cn1cc(C(=O)CCOCC(F)(F)F)c2ccc(Cl)cc21. The molecule has 3 nitrogen and oxygen atoms in total. The van der Waals surface area contributed by atoms with Crippen LogP contribution in [0.1, 0.15) is 16.8 Å². The number of aromatic nitrogens is 1. The maximum Gasteiger partial charge on any atom is 0.411 e. The first kappa shape index (κ1) is 15.9. The number of ether oxygens (including phenoxy) is 1. The number of carbonyl (C=O) groups is 1. The van der Waals surface area contributed by atoms with Crippen LogP contribution in [0.15, 0.2) is 24.4 Å². The second kappa shape index (κ2) is 6.07. The van der Waals surface area contributed by atoms with Crippen LogP contribution in [0.2, 0.25) is 5.02 Å². The molecule has 0 N–H and O–H groups in total. The Hall–Kier alpha value is -1.53. The Morgan fingerprint density at radius 3 is 2.76 bits per heavy atom. The highest BCUT2D eigenvalue weighted by molar-refractivity contribution is 6.31. The van der Waals surface area contributed by atoms with Crippen molar-refractivity contribution in [3.63, 3.8) is 0 Å². The van der Waals surface area contributed by atoms with Crippen LogP contribution in [0.3, 0.4) is 0 Å². The van der Waals surface area contributed by atoms with Crippen molar-refractivity contribution in [1.82, 2.24) is 4.57 Å². The lowest BCUT2D eigenvalue weighted by Crippen LogP contribution is -2.18. The molecule has 0 atom stereocenters. The number of rotatable bonds is 5. The topological polar surface area (TPSA) is 31.2 Å². The summed E-state index contributed by atoms with van der Waals surface area (Å²) in [6.07, 6.45) is -2.83. The Kier molecular flexibility index (Phi) is 4.58. The molecular weight excluding hydrogens is 307 g/mol. The van der Waals surface area contributed by atoms with Gasteiger partial charge in [0.2, 0.25) is 0 Å². The number of hydrogen-bond acceptors (Lipinski definition) is 2. The van der Waals surface area contributed by atoms with E-state index in [0.29, 0.717) is 10.6 Å². The van der Waals surface area contributed by atoms with Crippen LogP contribution >= 0.6 is 11.6 Å². The molecule has 0 aliphatic rings. The van der Waals surface area contributed by atoms with Gasteiger partial charge in [-0.1, -0.05) is 17.7 Å². The molecule has 0 aliphatic carbocycles. The third-order valence-electron chi connectivity index (χ3n) is 2.99. The Labute approximate surface area is 124 Å². The first-order valence-electron chi connectivity index (χ1n) is 6.20. The van der Waals surface area contributed by atoms with E-state index in [-0.39, 0.29) is 18.8 Å². The minimum Gasteiger partial charge on any atom is -0.372 e. The molecule has 1 heterocycles. The lowest BCUT2D eigenvalue weighted by molar-refractivity contribution is -0.173. The number of alkyl halides is 3. The van der Waals surface area contributed by atoms with Gasteiger partial charge in [0.05, 0.1) is 6.61 Å². The second-order valence-corrected chi connectivity index (χ2v) is 5.09. The molecule has 0 fully saturated rings. The summed E-state index contributed by atoms with van der Waals surface area (Å²) in [5.41, 5.74) is 1.25. The molecule has 0 amide bonds. The maximum atomic E-state index is 12.1. The molecule has 2 rings (SSSR count). The number of fused-ring (bicyclic) bond motifs is 1. The van der Waals surface area contributed by atoms with E-state index in [1.807, 2.05) is 0 Å². The lowest BCUT2D eigenvalue weighted by Gasteiger charge is -2.06. The molecule has 7 heteroatoms. The molecule has 0 aliphatic heterocycles. The summed E-state index contributed by atoms with van der Waals surface area (Å²) in [5, 5.41) is 1.28. The zero-order chi connectivity index (χ0) is 15.6. The fourth-order valence-electron chi connectivity index (χ4n) is 2.07. The zero-order valence-corrected chi connectivity index (χ0v) is 12.0. The van der Waals surface area contributed by atoms with Crippen LogP contribution < -0.4 is 0 Å². The van der Waals surface area contributed by atoms with Gasteiger partial charge in [-0.05, 0) is 12.1 Å². The van der Waals surface area contributed by atoms with E-state index in [1.165, 1.54) is 0 Å². The highest BCUT2D eigenvalue weighted by Crippen LogP contribution is 2.25. The van der Waals surface area contributed by atoms with E-state index in [0.717, 1.165) is 10.9 Å². The van der Waals surface area contributed by atoms with Crippen molar-refractivity contribution in [2.24, 2.45) is 7.05 Å². The van der Waals surface area contributed by atoms with Crippen molar-refractivity contribution in [3.8, 4) is 0 Å². The molecule has 21 heavy (non-hydrogen) atoms. The molecule has 0 saturated carbocycles. The Morgan fingerprint density at radius 2 is 2.10 bits per heavy atom. The van der Waals surface area contributed by atoms with Crippen molar-refractivity contribution < 1.29 is 22.7 Å². The first-order chi connectivity index (χ1) is 9.78. The van der Waals surface area contributed by atoms with Crippen LogP contribution in [0.4, 0.5) is 13.2 Å². The minimum atomic E-state index is -4.38. The number of halogens is 4. The summed E-state index contributed by atoms with van der Waals surface area (Å²) in [7, 11) is 1.77. The van der Waals surface area contributed by atoms with Gasteiger partial charge in [0.1, 0.15) is 6.61 Å². The van der Waals surface area contributed by atoms with E-state index in [4.69, 9.17) is 11.6 Å². The van der Waals surface area contributed by atoms with E-state index in [2.05, 4.69) is 4.74 Å². The van der Waals surface area contributed by atoms with Crippen LogP contribution in [0.5, 0.6) is 0 Å². The molecule has 0 bridgehead atoms. The van der Waals surface area contributed by atoms with Gasteiger partial charge < -0.3 is 9.30 Å². The van der Waals surface area contributed by atoms with Crippen LogP contribution in [-0.2, 0) is 11.8 Å². The monoisotopic (exact) mass is 319 g/mol. The molecule has 0 radical (unpaired) electrons. The van der Waals surface area contributed by atoms with Gasteiger partial charge in [-0.25, -0.2) is 0 Å². The fraction of sp³-hybridized carbons (Fsp3) is 0.357. The predicted molar refractivity (Wildman–Crippen MR) is 73.8 cm³/mol. The van der Waals surface area contributed by atoms with Crippen LogP contribution in [-0.4, -0.2) is 29.7 Å². The van der Waals surface area contributed by atoms with Gasteiger partial charge in [-0.15, -0.1) is 0 Å². The molecule has 1 aromatic heterocycles. The number of benzene rings is 1. The van der Waals surface area contributed by atoms with Crippen molar-refractivity contribution in [3.05, 3.63) is 35.0 Å². The van der Waals surface area contributed by atoms with Crippen molar-refractivity contribution >= 4 is 28.3 Å². The molecular formula is C14H13ClF3NO2. The standard InChI is InChI=1S/C14H13ClF3NO2/c1-19-7-11(10-3-2-9(15)6-12(10)19)13(20)4-5-21-8-14(16,17)18/h2-3,6-7H,4-5,8H2,1H3. The van der Waals surface area contributed by atoms with Gasteiger partial charge in [-0.2, -0.15) is 13.2 Å². The zero-order valence-electron chi connectivity index (χ0n) is 11.2. The number of ketones is 1. The summed E-state index contributed by atoms with van der Waals surface area (Å²) in [5.74, 6) is -0.259. The van der Waals surface area contributed by atoms with Crippen LogP contribution in [0, 0.1) is 0 Å². The number of Topliss-reactive ketones (excluding diaryl/α,β-unsaturated/α-hetero) is 1. The summed E-state index contributed by atoms with van der Waals surface area (Å²) in [6, 6.07) is 5.12. The Bertz CT molecular complexity index is 664. The van der Waals surface area contributed by atoms with Crippen LogP contribution in [0.25, 0.3) is 10.9 Å². The van der Waals surface area contributed by atoms with E-state index in [1.54, 1.807) is 36.0 Å². The van der Waals surface area contributed by atoms with Gasteiger partial charge in [-0.3, -0.25) is 4.79 Å². The number of hydrogen-bond donors (Lipinski definition) is 0. The maximum absolute atomic E-state index is 12.1.